The van der Waals surface area contributed by atoms with E-state index in [4.69, 9.17) is 0 Å². The largest absolute Gasteiger partial charge is 0.386 e. The number of benzene rings is 2. The lowest BCUT2D eigenvalue weighted by atomic mass is 9.95. The van der Waals surface area contributed by atoms with Crippen LogP contribution in [0.1, 0.15) is 24.5 Å². The van der Waals surface area contributed by atoms with Crippen LogP contribution in [0, 0.1) is 0 Å². The number of fused-ring (bicyclic) bond motifs is 1. The molecule has 0 aromatic heterocycles. The lowest BCUT2D eigenvalue weighted by molar-refractivity contribution is -0.147. The van der Waals surface area contributed by atoms with Gasteiger partial charge in [-0.1, -0.05) is 48.5 Å². The predicted octanol–water partition coefficient (Wildman–Crippen LogP) is 2.13. The van der Waals surface area contributed by atoms with E-state index in [1.807, 2.05) is 36.4 Å². The Bertz CT molecular complexity index is 778. The van der Waals surface area contributed by atoms with Gasteiger partial charge >= 0.3 is 0 Å². The number of para-hydroxylation sites is 1. The number of amides is 2. The first-order valence-electron chi connectivity index (χ1n) is 8.60. The summed E-state index contributed by atoms with van der Waals surface area (Å²) in [6.45, 7) is 0.579. The molecule has 1 N–H and O–H groups in total. The summed E-state index contributed by atoms with van der Waals surface area (Å²) in [7, 11) is 0. The van der Waals surface area contributed by atoms with Crippen molar-refractivity contribution in [1.82, 2.24) is 4.90 Å². The Morgan fingerprint density at radius 1 is 0.920 bits per heavy atom. The van der Waals surface area contributed by atoms with Crippen molar-refractivity contribution in [3.63, 3.8) is 0 Å². The van der Waals surface area contributed by atoms with Crippen molar-refractivity contribution in [2.45, 2.75) is 31.0 Å². The maximum absolute atomic E-state index is 13.1. The molecule has 128 valence electrons. The highest BCUT2D eigenvalue weighted by Crippen LogP contribution is 2.35. The molecule has 2 amide bonds. The summed E-state index contributed by atoms with van der Waals surface area (Å²) >= 11 is 0. The minimum absolute atomic E-state index is 0.108. The molecule has 0 bridgehead atoms. The van der Waals surface area contributed by atoms with Crippen LogP contribution in [0.3, 0.4) is 0 Å². The quantitative estimate of drug-likeness (QED) is 0.934. The zero-order valence-corrected chi connectivity index (χ0v) is 13.8. The third kappa shape index (κ3) is 2.61. The highest BCUT2D eigenvalue weighted by molar-refractivity contribution is 6.09. The van der Waals surface area contributed by atoms with Crippen LogP contribution in [0.4, 0.5) is 5.69 Å². The van der Waals surface area contributed by atoms with E-state index in [-0.39, 0.29) is 11.8 Å². The van der Waals surface area contributed by atoms with Crippen molar-refractivity contribution in [3.05, 3.63) is 66.2 Å². The Labute approximate surface area is 146 Å². The van der Waals surface area contributed by atoms with Crippen LogP contribution in [-0.2, 0) is 9.59 Å². The predicted molar refractivity (Wildman–Crippen MR) is 93.9 cm³/mol. The summed E-state index contributed by atoms with van der Waals surface area (Å²) < 4.78 is 0. The highest BCUT2D eigenvalue weighted by Gasteiger charge is 2.51. The van der Waals surface area contributed by atoms with Crippen molar-refractivity contribution in [2.24, 2.45) is 0 Å². The number of piperazine rings is 1. The molecule has 3 atom stereocenters. The zero-order chi connectivity index (χ0) is 17.4. The zero-order valence-electron chi connectivity index (χ0n) is 13.8. The molecule has 5 heteroatoms. The molecule has 25 heavy (non-hydrogen) atoms. The number of nitrogens with zero attached hydrogens (tertiary/aromatic N) is 2. The molecule has 0 unspecified atom stereocenters. The number of hydrogen-bond acceptors (Lipinski definition) is 3. The van der Waals surface area contributed by atoms with Gasteiger partial charge in [-0.2, -0.15) is 0 Å². The molecule has 5 nitrogen and oxygen atoms in total. The standard InChI is InChI=1S/C20H20N2O3/c23-18(14-8-3-1-4-9-14)17-20(25)21-13-7-12-16(21)19(24)22(17)15-10-5-2-6-11-15/h1-6,8-11,16-18,23H,7,12-13H2/t16-,17+,18-/m0/s1. The lowest BCUT2D eigenvalue weighted by Crippen LogP contribution is -2.64. The first-order chi connectivity index (χ1) is 12.2. The number of carbonyl (C=O) groups is 2. The fourth-order valence-corrected chi connectivity index (χ4v) is 3.85. The van der Waals surface area contributed by atoms with Crippen LogP contribution in [0.25, 0.3) is 0 Å². The molecule has 2 saturated heterocycles. The van der Waals surface area contributed by atoms with E-state index >= 15 is 0 Å². The Morgan fingerprint density at radius 3 is 2.24 bits per heavy atom. The van der Waals surface area contributed by atoms with E-state index in [0.29, 0.717) is 24.2 Å². The van der Waals surface area contributed by atoms with Gasteiger partial charge in [0.2, 0.25) is 5.91 Å². The molecule has 4 rings (SSSR count). The SMILES string of the molecule is O=C1[C@@H]([C@@H](O)c2ccccc2)N(c2ccccc2)C(=O)[C@@H]2CCCN12. The number of hydrogen-bond donors (Lipinski definition) is 1. The monoisotopic (exact) mass is 336 g/mol. The topological polar surface area (TPSA) is 60.9 Å². The normalized spacial score (nSPS) is 24.4. The second kappa shape index (κ2) is 6.33. The van der Waals surface area contributed by atoms with Gasteiger partial charge in [-0.3, -0.25) is 14.5 Å². The fourth-order valence-electron chi connectivity index (χ4n) is 3.85. The summed E-state index contributed by atoms with van der Waals surface area (Å²) in [4.78, 5) is 29.4. The second-order valence-corrected chi connectivity index (χ2v) is 6.53. The van der Waals surface area contributed by atoms with E-state index in [9.17, 15) is 14.7 Å². The molecule has 2 aromatic carbocycles. The molecular formula is C20H20N2O3. The van der Waals surface area contributed by atoms with E-state index in [1.54, 1.807) is 29.2 Å². The third-order valence-corrected chi connectivity index (χ3v) is 5.06. The summed E-state index contributed by atoms with van der Waals surface area (Å²) in [5.74, 6) is -0.286. The molecule has 2 fully saturated rings. The Balaban J connectivity index is 1.79. The van der Waals surface area contributed by atoms with Gasteiger partial charge in [-0.25, -0.2) is 0 Å². The van der Waals surface area contributed by atoms with Gasteiger partial charge in [0.1, 0.15) is 18.2 Å². The number of aliphatic hydroxyl groups is 1. The van der Waals surface area contributed by atoms with Gasteiger partial charge in [0.15, 0.2) is 0 Å². The lowest BCUT2D eigenvalue weighted by Gasteiger charge is -2.44. The molecule has 0 aliphatic carbocycles. The average molecular weight is 336 g/mol. The number of carbonyl (C=O) groups excluding carboxylic acids is 2. The molecule has 0 radical (unpaired) electrons. The Morgan fingerprint density at radius 2 is 1.56 bits per heavy atom. The number of anilines is 1. The fraction of sp³-hybridized carbons (Fsp3) is 0.300. The van der Waals surface area contributed by atoms with Crippen LogP contribution in [0.15, 0.2) is 60.7 Å². The molecule has 2 aliphatic heterocycles. The van der Waals surface area contributed by atoms with Crippen molar-refractivity contribution < 1.29 is 14.7 Å². The van der Waals surface area contributed by atoms with Crippen LogP contribution in [0.5, 0.6) is 0 Å². The van der Waals surface area contributed by atoms with Gasteiger partial charge in [-0.15, -0.1) is 0 Å². The Kier molecular flexibility index (Phi) is 4.01. The number of rotatable bonds is 3. The molecule has 0 spiro atoms. The van der Waals surface area contributed by atoms with E-state index < -0.39 is 18.2 Å². The third-order valence-electron chi connectivity index (χ3n) is 5.06. The van der Waals surface area contributed by atoms with Crippen LogP contribution >= 0.6 is 0 Å². The van der Waals surface area contributed by atoms with E-state index in [2.05, 4.69) is 0 Å². The molecule has 2 heterocycles. The Hall–Kier alpha value is -2.66. The van der Waals surface area contributed by atoms with Gasteiger partial charge in [0.05, 0.1) is 0 Å². The van der Waals surface area contributed by atoms with Gasteiger partial charge < -0.3 is 10.0 Å². The summed E-state index contributed by atoms with van der Waals surface area (Å²) in [6, 6.07) is 16.8. The second-order valence-electron chi connectivity index (χ2n) is 6.53. The van der Waals surface area contributed by atoms with Crippen LogP contribution in [0.2, 0.25) is 0 Å². The molecule has 0 saturated carbocycles. The van der Waals surface area contributed by atoms with E-state index in [0.717, 1.165) is 6.42 Å². The van der Waals surface area contributed by atoms with Gasteiger partial charge in [-0.05, 0) is 30.5 Å². The summed E-state index contributed by atoms with van der Waals surface area (Å²) in [5.41, 5.74) is 1.28. The minimum atomic E-state index is -1.07. The molecular weight excluding hydrogens is 316 g/mol. The summed E-state index contributed by atoms with van der Waals surface area (Å²) in [5, 5.41) is 10.9. The first-order valence-corrected chi connectivity index (χ1v) is 8.60. The molecule has 2 aliphatic rings. The van der Waals surface area contributed by atoms with Gasteiger partial charge in [0, 0.05) is 12.2 Å². The minimum Gasteiger partial charge on any atom is -0.386 e. The average Bonchev–Trinajstić information content (AvgIpc) is 3.16. The summed E-state index contributed by atoms with van der Waals surface area (Å²) in [6.07, 6.45) is 0.431. The first kappa shape index (κ1) is 15.8. The van der Waals surface area contributed by atoms with Crippen molar-refractivity contribution in [3.8, 4) is 0 Å². The van der Waals surface area contributed by atoms with E-state index in [1.165, 1.54) is 4.90 Å². The highest BCUT2D eigenvalue weighted by atomic mass is 16.3. The molecule has 2 aromatic rings. The maximum atomic E-state index is 13.1. The van der Waals surface area contributed by atoms with Crippen LogP contribution in [-0.4, -0.2) is 40.4 Å². The van der Waals surface area contributed by atoms with Gasteiger partial charge in [0.25, 0.3) is 5.91 Å². The number of aliphatic hydroxyl groups excluding tert-OH is 1. The smallest absolute Gasteiger partial charge is 0.250 e. The van der Waals surface area contributed by atoms with Crippen LogP contribution < -0.4 is 4.90 Å². The van der Waals surface area contributed by atoms with Crippen molar-refractivity contribution in [2.75, 3.05) is 11.4 Å². The van der Waals surface area contributed by atoms with Crippen molar-refractivity contribution in [1.29, 1.82) is 0 Å². The van der Waals surface area contributed by atoms with Crippen molar-refractivity contribution >= 4 is 17.5 Å². The maximum Gasteiger partial charge on any atom is 0.250 e.